The van der Waals surface area contributed by atoms with E-state index in [1.807, 2.05) is 20.8 Å². The highest BCUT2D eigenvalue weighted by Crippen LogP contribution is 2.19. The van der Waals surface area contributed by atoms with Crippen LogP contribution in [-0.2, 0) is 14.3 Å². The summed E-state index contributed by atoms with van der Waals surface area (Å²) >= 11 is 0. The summed E-state index contributed by atoms with van der Waals surface area (Å²) in [5.41, 5.74) is 0.979. The molecule has 0 saturated carbocycles. The van der Waals surface area contributed by atoms with Crippen molar-refractivity contribution in [2.24, 2.45) is 0 Å². The van der Waals surface area contributed by atoms with Crippen LogP contribution in [0.5, 0.6) is 0 Å². The molecule has 0 atom stereocenters. The predicted octanol–water partition coefficient (Wildman–Crippen LogP) is 1.88. The maximum Gasteiger partial charge on any atom is 0.315 e. The first kappa shape index (κ1) is 11.2. The topological polar surface area (TPSA) is 35.5 Å². The lowest BCUT2D eigenvalue weighted by Crippen LogP contribution is -1.98. The van der Waals surface area contributed by atoms with E-state index in [1.165, 1.54) is 0 Å². The minimum atomic E-state index is -0.176. The standard InChI is InChI=1S/C7H10O3.C2H6/c1-5-3-7(8)10-6(5)4-9-2;1-2/h3-4H2,1-2H3;1-2H3. The molecule has 0 amide bonds. The summed E-state index contributed by atoms with van der Waals surface area (Å²) in [6.45, 7) is 6.27. The van der Waals surface area contributed by atoms with Crippen LogP contribution >= 0.6 is 0 Å². The molecule has 1 rings (SSSR count). The van der Waals surface area contributed by atoms with E-state index in [0.717, 1.165) is 5.57 Å². The maximum atomic E-state index is 10.6. The van der Waals surface area contributed by atoms with Crippen molar-refractivity contribution < 1.29 is 14.3 Å². The number of cyclic esters (lactones) is 1. The minimum absolute atomic E-state index is 0.176. The van der Waals surface area contributed by atoms with Gasteiger partial charge in [-0.2, -0.15) is 0 Å². The molecule has 0 radical (unpaired) electrons. The summed E-state index contributed by atoms with van der Waals surface area (Å²) in [5.74, 6) is 0.497. The number of esters is 1. The van der Waals surface area contributed by atoms with Crippen LogP contribution in [0.15, 0.2) is 11.3 Å². The quantitative estimate of drug-likeness (QED) is 0.596. The SMILES string of the molecule is CC.COCC1=C(C)CC(=O)O1. The van der Waals surface area contributed by atoms with Crippen LogP contribution < -0.4 is 0 Å². The molecule has 0 aromatic carbocycles. The van der Waals surface area contributed by atoms with Gasteiger partial charge in [0.1, 0.15) is 12.4 Å². The summed E-state index contributed by atoms with van der Waals surface area (Å²) in [6, 6.07) is 0. The number of ether oxygens (including phenoxy) is 2. The Balaban J connectivity index is 0.000000561. The Morgan fingerprint density at radius 3 is 2.42 bits per heavy atom. The highest BCUT2D eigenvalue weighted by atomic mass is 16.6. The van der Waals surface area contributed by atoms with Crippen LogP contribution in [0.4, 0.5) is 0 Å². The first-order valence-corrected chi connectivity index (χ1v) is 4.12. The summed E-state index contributed by atoms with van der Waals surface area (Å²) in [5, 5.41) is 0. The summed E-state index contributed by atoms with van der Waals surface area (Å²) in [4.78, 5) is 10.6. The molecule has 3 nitrogen and oxygen atoms in total. The van der Waals surface area contributed by atoms with Gasteiger partial charge in [0.25, 0.3) is 0 Å². The Morgan fingerprint density at radius 2 is 2.08 bits per heavy atom. The summed E-state index contributed by atoms with van der Waals surface area (Å²) in [7, 11) is 1.58. The van der Waals surface area contributed by atoms with Gasteiger partial charge in [-0.1, -0.05) is 13.8 Å². The third-order valence-electron chi connectivity index (χ3n) is 1.40. The fourth-order valence-corrected chi connectivity index (χ4v) is 0.859. The average molecular weight is 172 g/mol. The van der Waals surface area contributed by atoms with Crippen molar-refractivity contribution in [3.63, 3.8) is 0 Å². The van der Waals surface area contributed by atoms with Crippen LogP contribution in [0.2, 0.25) is 0 Å². The zero-order valence-corrected chi connectivity index (χ0v) is 8.14. The molecular weight excluding hydrogens is 156 g/mol. The lowest BCUT2D eigenvalue weighted by Gasteiger charge is -1.99. The Labute approximate surface area is 73.4 Å². The minimum Gasteiger partial charge on any atom is -0.428 e. The molecule has 70 valence electrons. The van der Waals surface area contributed by atoms with Gasteiger partial charge in [0, 0.05) is 7.11 Å². The second-order valence-corrected chi connectivity index (χ2v) is 2.29. The van der Waals surface area contributed by atoms with E-state index in [1.54, 1.807) is 7.11 Å². The highest BCUT2D eigenvalue weighted by Gasteiger charge is 2.19. The predicted molar refractivity (Wildman–Crippen MR) is 46.6 cm³/mol. The summed E-state index contributed by atoms with van der Waals surface area (Å²) < 4.78 is 9.64. The molecule has 0 saturated heterocycles. The normalized spacial score (nSPS) is 15.5. The number of methoxy groups -OCH3 is 1. The zero-order chi connectivity index (χ0) is 9.56. The lowest BCUT2D eigenvalue weighted by atomic mass is 10.2. The molecule has 0 fully saturated rings. The van der Waals surface area contributed by atoms with Crippen molar-refractivity contribution in [1.82, 2.24) is 0 Å². The van der Waals surface area contributed by atoms with Crippen molar-refractivity contribution >= 4 is 5.97 Å². The van der Waals surface area contributed by atoms with Gasteiger partial charge in [-0.3, -0.25) is 4.79 Å². The fraction of sp³-hybridized carbons (Fsp3) is 0.667. The average Bonchev–Trinajstić information content (AvgIpc) is 2.35. The van der Waals surface area contributed by atoms with Crippen LogP contribution in [0, 0.1) is 0 Å². The van der Waals surface area contributed by atoms with Crippen molar-refractivity contribution in [3.8, 4) is 0 Å². The molecule has 1 heterocycles. The molecule has 0 N–H and O–H groups in total. The van der Waals surface area contributed by atoms with Crippen molar-refractivity contribution in [2.45, 2.75) is 27.2 Å². The largest absolute Gasteiger partial charge is 0.428 e. The second-order valence-electron chi connectivity index (χ2n) is 2.29. The Kier molecular flexibility index (Phi) is 5.37. The third kappa shape index (κ3) is 3.05. The molecule has 3 heteroatoms. The third-order valence-corrected chi connectivity index (χ3v) is 1.40. The van der Waals surface area contributed by atoms with Crippen molar-refractivity contribution in [3.05, 3.63) is 11.3 Å². The molecule has 12 heavy (non-hydrogen) atoms. The molecule has 0 spiro atoms. The van der Waals surface area contributed by atoms with Crippen molar-refractivity contribution in [2.75, 3.05) is 13.7 Å². The van der Waals surface area contributed by atoms with E-state index in [9.17, 15) is 4.79 Å². The molecule has 0 aromatic rings. The van der Waals surface area contributed by atoms with E-state index in [0.29, 0.717) is 18.8 Å². The molecule has 1 aliphatic rings. The number of hydrogen-bond acceptors (Lipinski definition) is 3. The van der Waals surface area contributed by atoms with E-state index in [4.69, 9.17) is 9.47 Å². The molecular formula is C9H16O3. The number of carbonyl (C=O) groups excluding carboxylic acids is 1. The monoisotopic (exact) mass is 172 g/mol. The number of carbonyl (C=O) groups is 1. The van der Waals surface area contributed by atoms with E-state index in [2.05, 4.69) is 0 Å². The van der Waals surface area contributed by atoms with Gasteiger partial charge in [0.15, 0.2) is 0 Å². The first-order chi connectivity index (χ1) is 5.74. The van der Waals surface area contributed by atoms with Crippen LogP contribution in [-0.4, -0.2) is 19.7 Å². The highest BCUT2D eigenvalue weighted by molar-refractivity contribution is 5.76. The Morgan fingerprint density at radius 1 is 1.50 bits per heavy atom. The summed E-state index contributed by atoms with van der Waals surface area (Å²) in [6.07, 6.45) is 0.415. The van der Waals surface area contributed by atoms with Crippen LogP contribution in [0.25, 0.3) is 0 Å². The molecule has 0 unspecified atom stereocenters. The van der Waals surface area contributed by atoms with E-state index < -0.39 is 0 Å². The van der Waals surface area contributed by atoms with Crippen LogP contribution in [0.3, 0.4) is 0 Å². The Hall–Kier alpha value is -0.830. The Bertz CT molecular complexity index is 182. The molecule has 0 aliphatic carbocycles. The maximum absolute atomic E-state index is 10.6. The van der Waals surface area contributed by atoms with E-state index >= 15 is 0 Å². The molecule has 1 aliphatic heterocycles. The smallest absolute Gasteiger partial charge is 0.315 e. The van der Waals surface area contributed by atoms with Gasteiger partial charge < -0.3 is 9.47 Å². The number of hydrogen-bond donors (Lipinski definition) is 0. The van der Waals surface area contributed by atoms with Gasteiger partial charge in [-0.05, 0) is 12.5 Å². The van der Waals surface area contributed by atoms with E-state index in [-0.39, 0.29) is 5.97 Å². The van der Waals surface area contributed by atoms with Gasteiger partial charge in [-0.25, -0.2) is 0 Å². The lowest BCUT2D eigenvalue weighted by molar-refractivity contribution is -0.137. The fourth-order valence-electron chi connectivity index (χ4n) is 0.859. The zero-order valence-electron chi connectivity index (χ0n) is 8.14. The van der Waals surface area contributed by atoms with Gasteiger partial charge in [-0.15, -0.1) is 0 Å². The van der Waals surface area contributed by atoms with Gasteiger partial charge in [0.05, 0.1) is 6.42 Å². The second kappa shape index (κ2) is 5.77. The molecule has 0 aromatic heterocycles. The first-order valence-electron chi connectivity index (χ1n) is 4.12. The molecule has 0 bridgehead atoms. The van der Waals surface area contributed by atoms with Gasteiger partial charge >= 0.3 is 5.97 Å². The van der Waals surface area contributed by atoms with Crippen molar-refractivity contribution in [1.29, 1.82) is 0 Å². The van der Waals surface area contributed by atoms with Crippen LogP contribution in [0.1, 0.15) is 27.2 Å². The van der Waals surface area contributed by atoms with Gasteiger partial charge in [0.2, 0.25) is 0 Å². The number of rotatable bonds is 2.